The van der Waals surface area contributed by atoms with Gasteiger partial charge in [-0.25, -0.2) is 13.1 Å². The zero-order chi connectivity index (χ0) is 12.8. The van der Waals surface area contributed by atoms with Gasteiger partial charge in [0.05, 0.1) is 17.7 Å². The van der Waals surface area contributed by atoms with Crippen LogP contribution in [0.15, 0.2) is 0 Å². The standard InChI is InChI=1S/C9H20N2O3S2/c1-4-8(9(10)15)16(12,13)11-5-6-14-7(2)3/h7-8,11H,4-6H2,1-3H3,(H2,10,15). The molecule has 3 N–H and O–H groups in total. The van der Waals surface area contributed by atoms with Gasteiger partial charge in [-0.1, -0.05) is 19.1 Å². The van der Waals surface area contributed by atoms with Crippen LogP contribution >= 0.6 is 12.2 Å². The van der Waals surface area contributed by atoms with E-state index >= 15 is 0 Å². The molecule has 16 heavy (non-hydrogen) atoms. The van der Waals surface area contributed by atoms with E-state index in [2.05, 4.69) is 4.72 Å². The number of nitrogens with one attached hydrogen (secondary N) is 1. The average Bonchev–Trinajstić information content (AvgIpc) is 2.12. The van der Waals surface area contributed by atoms with E-state index in [0.717, 1.165) is 0 Å². The first-order valence-electron chi connectivity index (χ1n) is 5.20. The highest BCUT2D eigenvalue weighted by atomic mass is 32.2. The van der Waals surface area contributed by atoms with Crippen LogP contribution in [-0.2, 0) is 14.8 Å². The third-order valence-corrected chi connectivity index (χ3v) is 4.30. The molecule has 0 radical (unpaired) electrons. The Morgan fingerprint density at radius 1 is 1.50 bits per heavy atom. The summed E-state index contributed by atoms with van der Waals surface area (Å²) in [6, 6.07) is 0. The van der Waals surface area contributed by atoms with Crippen LogP contribution in [-0.4, -0.2) is 37.9 Å². The predicted molar refractivity (Wildman–Crippen MR) is 68.9 cm³/mol. The molecule has 0 aliphatic carbocycles. The minimum absolute atomic E-state index is 0.000206. The highest BCUT2D eigenvalue weighted by Crippen LogP contribution is 2.04. The van der Waals surface area contributed by atoms with Crippen LogP contribution < -0.4 is 10.5 Å². The molecule has 0 amide bonds. The summed E-state index contributed by atoms with van der Waals surface area (Å²) in [6.45, 7) is 6.08. The van der Waals surface area contributed by atoms with Crippen molar-refractivity contribution in [3.05, 3.63) is 0 Å². The van der Waals surface area contributed by atoms with Gasteiger partial charge in [0.25, 0.3) is 0 Å². The number of hydrogen-bond acceptors (Lipinski definition) is 4. The second kappa shape index (κ2) is 7.16. The molecule has 0 spiro atoms. The largest absolute Gasteiger partial charge is 0.392 e. The zero-order valence-corrected chi connectivity index (χ0v) is 11.5. The van der Waals surface area contributed by atoms with Crippen molar-refractivity contribution in [3.63, 3.8) is 0 Å². The molecular weight excluding hydrogens is 248 g/mol. The van der Waals surface area contributed by atoms with Gasteiger partial charge in [-0.15, -0.1) is 0 Å². The molecule has 1 atom stereocenters. The lowest BCUT2D eigenvalue weighted by Crippen LogP contribution is -2.42. The Labute approximate surface area is 103 Å². The minimum atomic E-state index is -3.47. The molecule has 0 saturated heterocycles. The smallest absolute Gasteiger partial charge is 0.221 e. The lowest BCUT2D eigenvalue weighted by Gasteiger charge is -2.15. The molecule has 0 heterocycles. The van der Waals surface area contributed by atoms with Gasteiger partial charge in [-0.3, -0.25) is 0 Å². The number of hydrogen-bond donors (Lipinski definition) is 2. The molecule has 7 heteroatoms. The third kappa shape index (κ3) is 5.74. The molecule has 0 rings (SSSR count). The molecule has 0 aromatic rings. The summed E-state index contributed by atoms with van der Waals surface area (Å²) in [7, 11) is -3.47. The maximum Gasteiger partial charge on any atom is 0.221 e. The second-order valence-corrected chi connectivity index (χ2v) is 6.08. The summed E-state index contributed by atoms with van der Waals surface area (Å²) in [4.78, 5) is -0.000206. The summed E-state index contributed by atoms with van der Waals surface area (Å²) in [5.74, 6) is 0. The topological polar surface area (TPSA) is 81.4 Å². The van der Waals surface area contributed by atoms with Gasteiger partial charge in [-0.2, -0.15) is 0 Å². The van der Waals surface area contributed by atoms with Crippen LogP contribution in [0.25, 0.3) is 0 Å². The van der Waals surface area contributed by atoms with Crippen LogP contribution in [0.3, 0.4) is 0 Å². The van der Waals surface area contributed by atoms with Gasteiger partial charge < -0.3 is 10.5 Å². The summed E-state index contributed by atoms with van der Waals surface area (Å²) in [5.41, 5.74) is 5.37. The Bertz CT molecular complexity index is 315. The van der Waals surface area contributed by atoms with Gasteiger partial charge in [0, 0.05) is 6.54 Å². The summed E-state index contributed by atoms with van der Waals surface area (Å²) >= 11 is 4.71. The van der Waals surface area contributed by atoms with E-state index < -0.39 is 15.3 Å². The Morgan fingerprint density at radius 3 is 2.44 bits per heavy atom. The van der Waals surface area contributed by atoms with Crippen molar-refractivity contribution in [2.75, 3.05) is 13.2 Å². The quantitative estimate of drug-likeness (QED) is 0.492. The Morgan fingerprint density at radius 2 is 2.06 bits per heavy atom. The van der Waals surface area contributed by atoms with Gasteiger partial charge in [0.2, 0.25) is 10.0 Å². The molecule has 0 aliphatic rings. The molecule has 0 saturated carbocycles. The van der Waals surface area contributed by atoms with E-state index in [1.165, 1.54) is 0 Å². The first-order chi connectivity index (χ1) is 7.31. The molecule has 0 aromatic carbocycles. The van der Waals surface area contributed by atoms with E-state index in [0.29, 0.717) is 13.0 Å². The van der Waals surface area contributed by atoms with Crippen molar-refractivity contribution in [1.29, 1.82) is 0 Å². The lowest BCUT2D eigenvalue weighted by molar-refractivity contribution is 0.0833. The van der Waals surface area contributed by atoms with Crippen molar-refractivity contribution in [2.24, 2.45) is 5.73 Å². The summed E-state index contributed by atoms with van der Waals surface area (Å²) in [6.07, 6.45) is 0.456. The van der Waals surface area contributed by atoms with E-state index in [-0.39, 0.29) is 17.6 Å². The van der Waals surface area contributed by atoms with Crippen molar-refractivity contribution >= 4 is 27.2 Å². The van der Waals surface area contributed by atoms with Gasteiger partial charge >= 0.3 is 0 Å². The van der Waals surface area contributed by atoms with Gasteiger partial charge in [-0.05, 0) is 20.3 Å². The van der Waals surface area contributed by atoms with E-state index in [1.807, 2.05) is 13.8 Å². The molecule has 5 nitrogen and oxygen atoms in total. The zero-order valence-electron chi connectivity index (χ0n) is 9.89. The SMILES string of the molecule is CCC(C(N)=S)S(=O)(=O)NCCOC(C)C. The molecule has 96 valence electrons. The van der Waals surface area contributed by atoms with Crippen LogP contribution in [0.1, 0.15) is 27.2 Å². The monoisotopic (exact) mass is 268 g/mol. The first kappa shape index (κ1) is 15.8. The van der Waals surface area contributed by atoms with E-state index in [9.17, 15) is 8.42 Å². The fourth-order valence-corrected chi connectivity index (χ4v) is 3.01. The van der Waals surface area contributed by atoms with Gasteiger partial charge in [0.1, 0.15) is 5.25 Å². The molecule has 0 aliphatic heterocycles. The summed E-state index contributed by atoms with van der Waals surface area (Å²) in [5, 5.41) is -0.804. The first-order valence-corrected chi connectivity index (χ1v) is 7.16. The number of thiocarbonyl (C=S) groups is 1. The molecule has 0 bridgehead atoms. The van der Waals surface area contributed by atoms with Crippen molar-refractivity contribution in [3.8, 4) is 0 Å². The Hall–Kier alpha value is -0.240. The fraction of sp³-hybridized carbons (Fsp3) is 0.889. The number of rotatable bonds is 8. The second-order valence-electron chi connectivity index (χ2n) is 3.66. The molecule has 1 unspecified atom stereocenters. The van der Waals surface area contributed by atoms with Crippen molar-refractivity contribution in [1.82, 2.24) is 4.72 Å². The van der Waals surface area contributed by atoms with Crippen LogP contribution in [0.4, 0.5) is 0 Å². The normalized spacial score (nSPS) is 14.0. The maximum absolute atomic E-state index is 11.7. The number of sulfonamides is 1. The maximum atomic E-state index is 11.7. The fourth-order valence-electron chi connectivity index (χ4n) is 1.15. The average molecular weight is 268 g/mol. The molecular formula is C9H20N2O3S2. The predicted octanol–water partition coefficient (Wildman–Crippen LogP) is 0.396. The van der Waals surface area contributed by atoms with Crippen LogP contribution in [0, 0.1) is 0 Å². The highest BCUT2D eigenvalue weighted by molar-refractivity contribution is 7.93. The summed E-state index contributed by atoms with van der Waals surface area (Å²) < 4.78 is 31.1. The lowest BCUT2D eigenvalue weighted by atomic mass is 10.3. The molecule has 0 fully saturated rings. The number of nitrogens with two attached hydrogens (primary N) is 1. The van der Waals surface area contributed by atoms with Gasteiger partial charge in [0.15, 0.2) is 0 Å². The highest BCUT2D eigenvalue weighted by Gasteiger charge is 2.25. The minimum Gasteiger partial charge on any atom is -0.392 e. The third-order valence-electron chi connectivity index (χ3n) is 1.92. The Kier molecular flexibility index (Phi) is 7.05. The molecule has 0 aromatic heterocycles. The van der Waals surface area contributed by atoms with E-state index in [1.54, 1.807) is 6.92 Å². The number of ether oxygens (including phenoxy) is 1. The van der Waals surface area contributed by atoms with Crippen molar-refractivity contribution < 1.29 is 13.2 Å². The van der Waals surface area contributed by atoms with Crippen LogP contribution in [0.5, 0.6) is 0 Å². The van der Waals surface area contributed by atoms with Crippen LogP contribution in [0.2, 0.25) is 0 Å². The Balaban J connectivity index is 4.19. The van der Waals surface area contributed by atoms with E-state index in [4.69, 9.17) is 22.7 Å². The van der Waals surface area contributed by atoms with Crippen molar-refractivity contribution in [2.45, 2.75) is 38.5 Å².